The molecule has 2 heterocycles. The maximum Gasteiger partial charge on any atom is 0.213 e. The van der Waals surface area contributed by atoms with E-state index in [1.165, 1.54) is 0 Å². The minimum absolute atomic E-state index is 0.173. The Kier molecular flexibility index (Phi) is 8.12. The number of piperidine rings is 1. The molecule has 0 bridgehead atoms. The number of nitrogens with one attached hydrogen (secondary N) is 2. The lowest BCUT2D eigenvalue weighted by atomic mass is 10.1. The van der Waals surface area contributed by atoms with Crippen LogP contribution in [0, 0.1) is 0 Å². The van der Waals surface area contributed by atoms with E-state index in [-0.39, 0.29) is 11.8 Å². The summed E-state index contributed by atoms with van der Waals surface area (Å²) in [4.78, 5) is 6.78. The molecule has 2 saturated heterocycles. The van der Waals surface area contributed by atoms with E-state index in [0.29, 0.717) is 25.2 Å². The Morgan fingerprint density at radius 1 is 1.31 bits per heavy atom. The summed E-state index contributed by atoms with van der Waals surface area (Å²) >= 11 is 0. The summed E-state index contributed by atoms with van der Waals surface area (Å²) in [6.07, 6.45) is 1.60. The van der Waals surface area contributed by atoms with Crippen LogP contribution in [-0.2, 0) is 14.8 Å². The molecule has 0 aromatic rings. The monoisotopic (exact) mass is 389 g/mol. The minimum atomic E-state index is -3.07. The van der Waals surface area contributed by atoms with E-state index < -0.39 is 10.0 Å². The average Bonchev–Trinajstić information content (AvgIpc) is 2.65. The van der Waals surface area contributed by atoms with Crippen LogP contribution in [0.25, 0.3) is 0 Å². The Balaban J connectivity index is 1.76. The van der Waals surface area contributed by atoms with Crippen molar-refractivity contribution in [3.05, 3.63) is 0 Å². The van der Waals surface area contributed by atoms with Gasteiger partial charge in [-0.2, -0.15) is 0 Å². The van der Waals surface area contributed by atoms with E-state index >= 15 is 0 Å². The van der Waals surface area contributed by atoms with E-state index in [1.54, 1.807) is 18.3 Å². The van der Waals surface area contributed by atoms with Crippen LogP contribution in [0.2, 0.25) is 0 Å². The van der Waals surface area contributed by atoms with E-state index in [0.717, 1.165) is 45.1 Å². The van der Waals surface area contributed by atoms with Gasteiger partial charge in [-0.15, -0.1) is 0 Å². The predicted octanol–water partition coefficient (Wildman–Crippen LogP) is 0.0747. The van der Waals surface area contributed by atoms with Gasteiger partial charge in [-0.3, -0.25) is 9.89 Å². The third-order valence-electron chi connectivity index (χ3n) is 5.33. The van der Waals surface area contributed by atoms with Crippen molar-refractivity contribution in [3.63, 3.8) is 0 Å². The summed E-state index contributed by atoms with van der Waals surface area (Å²) < 4.78 is 31.0. The van der Waals surface area contributed by atoms with Crippen LogP contribution < -0.4 is 10.6 Å². The molecule has 0 aromatic carbocycles. The normalized spacial score (nSPS) is 25.8. The zero-order valence-corrected chi connectivity index (χ0v) is 17.4. The fraction of sp³-hybridized carbons (Fsp3) is 0.941. The SMILES string of the molecule is CCS(=O)(=O)N1CCC(NC(=NC)NCC(C)N2CCOCC2C)CC1. The Hall–Kier alpha value is -0.900. The molecule has 0 radical (unpaired) electrons. The van der Waals surface area contributed by atoms with Gasteiger partial charge in [-0.25, -0.2) is 12.7 Å². The van der Waals surface area contributed by atoms with Crippen LogP contribution in [0.4, 0.5) is 0 Å². The number of sulfonamides is 1. The van der Waals surface area contributed by atoms with Crippen molar-refractivity contribution >= 4 is 16.0 Å². The summed E-state index contributed by atoms with van der Waals surface area (Å²) in [5, 5.41) is 6.85. The Labute approximate surface area is 158 Å². The number of hydrogen-bond donors (Lipinski definition) is 2. The Morgan fingerprint density at radius 2 is 2.00 bits per heavy atom. The largest absolute Gasteiger partial charge is 0.379 e. The van der Waals surface area contributed by atoms with Gasteiger partial charge >= 0.3 is 0 Å². The first-order chi connectivity index (χ1) is 12.4. The van der Waals surface area contributed by atoms with Crippen molar-refractivity contribution in [2.24, 2.45) is 4.99 Å². The zero-order valence-electron chi connectivity index (χ0n) is 16.6. The second kappa shape index (κ2) is 9.87. The number of ether oxygens (including phenoxy) is 1. The molecule has 0 spiro atoms. The number of hydrogen-bond acceptors (Lipinski definition) is 5. The first kappa shape index (κ1) is 21.4. The highest BCUT2D eigenvalue weighted by Gasteiger charge is 2.27. The summed E-state index contributed by atoms with van der Waals surface area (Å²) in [6, 6.07) is 1.08. The first-order valence-electron chi connectivity index (χ1n) is 9.65. The van der Waals surface area contributed by atoms with Crippen LogP contribution in [-0.4, -0.2) is 93.9 Å². The summed E-state index contributed by atoms with van der Waals surface area (Å²) in [7, 11) is -1.30. The van der Waals surface area contributed by atoms with Crippen molar-refractivity contribution < 1.29 is 13.2 Å². The van der Waals surface area contributed by atoms with Gasteiger partial charge in [-0.05, 0) is 33.6 Å². The number of rotatable bonds is 6. The molecule has 26 heavy (non-hydrogen) atoms. The van der Waals surface area contributed by atoms with Crippen molar-refractivity contribution in [2.75, 3.05) is 52.2 Å². The van der Waals surface area contributed by atoms with E-state index in [1.807, 2.05) is 0 Å². The lowest BCUT2D eigenvalue weighted by molar-refractivity contribution is -0.0174. The number of aliphatic imine (C=N–C) groups is 1. The minimum Gasteiger partial charge on any atom is -0.379 e. The third-order valence-corrected chi connectivity index (χ3v) is 7.21. The molecule has 2 atom stereocenters. The molecule has 2 unspecified atom stereocenters. The fourth-order valence-corrected chi connectivity index (χ4v) is 4.74. The molecular weight excluding hydrogens is 354 g/mol. The molecule has 0 aliphatic carbocycles. The lowest BCUT2D eigenvalue weighted by Crippen LogP contribution is -2.54. The predicted molar refractivity (Wildman–Crippen MR) is 105 cm³/mol. The van der Waals surface area contributed by atoms with Crippen LogP contribution >= 0.6 is 0 Å². The standard InChI is InChI=1S/C17H35N5O3S/c1-5-26(23,24)21-8-6-16(7-9-21)20-17(18-4)19-12-14(2)22-10-11-25-13-15(22)3/h14-16H,5-13H2,1-4H3,(H2,18,19,20). The van der Waals surface area contributed by atoms with Gasteiger partial charge in [0.25, 0.3) is 0 Å². The molecule has 0 aromatic heterocycles. The molecule has 152 valence electrons. The van der Waals surface area contributed by atoms with E-state index in [2.05, 4.69) is 34.4 Å². The van der Waals surface area contributed by atoms with Crippen molar-refractivity contribution in [1.82, 2.24) is 19.8 Å². The van der Waals surface area contributed by atoms with Gasteiger partial charge in [0.15, 0.2) is 5.96 Å². The lowest BCUT2D eigenvalue weighted by Gasteiger charge is -2.38. The zero-order chi connectivity index (χ0) is 19.2. The van der Waals surface area contributed by atoms with Gasteiger partial charge in [0.05, 0.1) is 19.0 Å². The number of guanidine groups is 1. The topological polar surface area (TPSA) is 86.3 Å². The molecule has 2 N–H and O–H groups in total. The maximum atomic E-state index is 11.9. The summed E-state index contributed by atoms with van der Waals surface area (Å²) in [5.41, 5.74) is 0. The summed E-state index contributed by atoms with van der Waals surface area (Å²) in [5.74, 6) is 0.959. The van der Waals surface area contributed by atoms with Gasteiger partial charge in [0.2, 0.25) is 10.0 Å². The van der Waals surface area contributed by atoms with Crippen LogP contribution in [0.5, 0.6) is 0 Å². The van der Waals surface area contributed by atoms with E-state index in [9.17, 15) is 8.42 Å². The molecule has 2 aliphatic rings. The molecule has 2 aliphatic heterocycles. The second-order valence-corrected chi connectivity index (χ2v) is 9.44. The van der Waals surface area contributed by atoms with Crippen molar-refractivity contribution in [3.8, 4) is 0 Å². The smallest absolute Gasteiger partial charge is 0.213 e. The molecule has 9 heteroatoms. The first-order valence-corrected chi connectivity index (χ1v) is 11.3. The highest BCUT2D eigenvalue weighted by atomic mass is 32.2. The van der Waals surface area contributed by atoms with Crippen LogP contribution in [0.1, 0.15) is 33.6 Å². The second-order valence-electron chi connectivity index (χ2n) is 7.18. The van der Waals surface area contributed by atoms with Crippen LogP contribution in [0.15, 0.2) is 4.99 Å². The highest BCUT2D eigenvalue weighted by molar-refractivity contribution is 7.89. The van der Waals surface area contributed by atoms with Gasteiger partial charge in [0.1, 0.15) is 0 Å². The van der Waals surface area contributed by atoms with Crippen LogP contribution in [0.3, 0.4) is 0 Å². The Bertz CT molecular complexity index is 561. The van der Waals surface area contributed by atoms with Gasteiger partial charge < -0.3 is 15.4 Å². The average molecular weight is 390 g/mol. The molecule has 0 amide bonds. The highest BCUT2D eigenvalue weighted by Crippen LogP contribution is 2.14. The third kappa shape index (κ3) is 5.80. The fourth-order valence-electron chi connectivity index (χ4n) is 3.61. The van der Waals surface area contributed by atoms with E-state index in [4.69, 9.17) is 4.74 Å². The van der Waals surface area contributed by atoms with Crippen molar-refractivity contribution in [1.29, 1.82) is 0 Å². The quantitative estimate of drug-likeness (QED) is 0.494. The molecular formula is C17H35N5O3S. The molecule has 0 saturated carbocycles. The van der Waals surface area contributed by atoms with Crippen molar-refractivity contribution in [2.45, 2.75) is 51.7 Å². The summed E-state index contributed by atoms with van der Waals surface area (Å²) in [6.45, 7) is 10.6. The molecule has 8 nitrogen and oxygen atoms in total. The number of morpholine rings is 1. The maximum absolute atomic E-state index is 11.9. The van der Waals surface area contributed by atoms with Gasteiger partial charge in [0, 0.05) is 51.4 Å². The molecule has 2 rings (SSSR count). The molecule has 2 fully saturated rings. The van der Waals surface area contributed by atoms with Gasteiger partial charge in [-0.1, -0.05) is 0 Å². The number of nitrogens with zero attached hydrogens (tertiary/aromatic N) is 3. The Morgan fingerprint density at radius 3 is 2.58 bits per heavy atom.